The maximum atomic E-state index is 12.5. The number of carbonyl (C=O) groups excluding carboxylic acids is 1. The molecule has 7 nitrogen and oxygen atoms in total. The number of halogens is 2. The van der Waals surface area contributed by atoms with E-state index in [1.165, 1.54) is 0 Å². The Morgan fingerprint density at radius 2 is 2.06 bits per heavy atom. The molecule has 9 heteroatoms. The van der Waals surface area contributed by atoms with E-state index in [1.807, 2.05) is 55.7 Å². The molecule has 4 rings (SSSR count). The van der Waals surface area contributed by atoms with Gasteiger partial charge < -0.3 is 18.9 Å². The van der Waals surface area contributed by atoms with Gasteiger partial charge in [-0.15, -0.1) is 0 Å². The SMILES string of the molecule is CC(C)(C)OC(=O)N1CCOC(Cn2c(-c3ccccc3Cl)cc3cnc(Cl)nc32)C1. The van der Waals surface area contributed by atoms with Crippen LogP contribution in [-0.4, -0.2) is 56.9 Å². The first-order chi connectivity index (χ1) is 14.7. The van der Waals surface area contributed by atoms with E-state index in [1.54, 1.807) is 11.1 Å². The first-order valence-corrected chi connectivity index (χ1v) is 10.8. The molecule has 1 aromatic carbocycles. The number of aromatic nitrogens is 3. The monoisotopic (exact) mass is 462 g/mol. The summed E-state index contributed by atoms with van der Waals surface area (Å²) in [6.45, 7) is 7.37. The standard InChI is InChI=1S/C22H24Cl2N4O3/c1-22(2,3)31-21(29)27-8-9-30-15(12-27)13-28-18(16-6-4-5-7-17(16)23)10-14-11-25-20(24)26-19(14)28/h4-7,10-11,15H,8-9,12-13H2,1-3H3. The lowest BCUT2D eigenvalue weighted by atomic mass is 10.1. The van der Waals surface area contributed by atoms with E-state index in [9.17, 15) is 4.79 Å². The van der Waals surface area contributed by atoms with Gasteiger partial charge in [-0.05, 0) is 44.5 Å². The van der Waals surface area contributed by atoms with Crippen LogP contribution in [0.4, 0.5) is 4.79 Å². The van der Waals surface area contributed by atoms with Gasteiger partial charge in [-0.2, -0.15) is 4.98 Å². The summed E-state index contributed by atoms with van der Waals surface area (Å²) in [5.41, 5.74) is 1.90. The molecule has 1 amide bonds. The van der Waals surface area contributed by atoms with Crippen LogP contribution in [0.1, 0.15) is 20.8 Å². The summed E-state index contributed by atoms with van der Waals surface area (Å²) >= 11 is 12.6. The highest BCUT2D eigenvalue weighted by Crippen LogP contribution is 2.33. The number of nitrogens with zero attached hydrogens (tertiary/aromatic N) is 4. The summed E-state index contributed by atoms with van der Waals surface area (Å²) < 4.78 is 13.5. The highest BCUT2D eigenvalue weighted by atomic mass is 35.5. The molecule has 3 heterocycles. The molecule has 1 aliphatic heterocycles. The van der Waals surface area contributed by atoms with Crippen molar-refractivity contribution >= 4 is 40.3 Å². The summed E-state index contributed by atoms with van der Waals surface area (Å²) in [5.74, 6) is 0. The number of benzene rings is 1. The highest BCUT2D eigenvalue weighted by molar-refractivity contribution is 6.33. The van der Waals surface area contributed by atoms with Gasteiger partial charge in [-0.1, -0.05) is 29.8 Å². The Morgan fingerprint density at radius 3 is 2.81 bits per heavy atom. The Bertz CT molecular complexity index is 1110. The van der Waals surface area contributed by atoms with E-state index < -0.39 is 5.60 Å². The van der Waals surface area contributed by atoms with Gasteiger partial charge in [-0.3, -0.25) is 0 Å². The van der Waals surface area contributed by atoms with E-state index >= 15 is 0 Å². The molecule has 1 fully saturated rings. The third kappa shape index (κ3) is 4.95. The summed E-state index contributed by atoms with van der Waals surface area (Å²) in [6, 6.07) is 9.61. The number of fused-ring (bicyclic) bond motifs is 1. The van der Waals surface area contributed by atoms with Gasteiger partial charge in [0.15, 0.2) is 0 Å². The molecule has 31 heavy (non-hydrogen) atoms. The van der Waals surface area contributed by atoms with Crippen LogP contribution in [-0.2, 0) is 16.0 Å². The fourth-order valence-electron chi connectivity index (χ4n) is 3.62. The van der Waals surface area contributed by atoms with Gasteiger partial charge in [0.1, 0.15) is 11.2 Å². The molecule has 0 bridgehead atoms. The van der Waals surface area contributed by atoms with E-state index in [0.29, 0.717) is 36.9 Å². The summed E-state index contributed by atoms with van der Waals surface area (Å²) in [7, 11) is 0. The Balaban J connectivity index is 1.66. The number of carbonyl (C=O) groups is 1. The molecular weight excluding hydrogens is 439 g/mol. The lowest BCUT2D eigenvalue weighted by Crippen LogP contribution is -2.48. The van der Waals surface area contributed by atoms with Crippen LogP contribution < -0.4 is 0 Å². The summed E-state index contributed by atoms with van der Waals surface area (Å²) in [6.07, 6.45) is 1.11. The fourth-order valence-corrected chi connectivity index (χ4v) is 3.98. The number of ether oxygens (including phenoxy) is 2. The molecule has 3 aromatic rings. The minimum atomic E-state index is -0.549. The Hall–Kier alpha value is -2.35. The van der Waals surface area contributed by atoms with Crippen molar-refractivity contribution in [3.63, 3.8) is 0 Å². The van der Waals surface area contributed by atoms with E-state index in [0.717, 1.165) is 16.6 Å². The van der Waals surface area contributed by atoms with Crippen molar-refractivity contribution in [1.82, 2.24) is 19.4 Å². The van der Waals surface area contributed by atoms with Gasteiger partial charge >= 0.3 is 6.09 Å². The second-order valence-electron chi connectivity index (χ2n) is 8.46. The predicted molar refractivity (Wildman–Crippen MR) is 121 cm³/mol. The number of amides is 1. The predicted octanol–water partition coefficient (Wildman–Crippen LogP) is 5.04. The average molecular weight is 463 g/mol. The van der Waals surface area contributed by atoms with Gasteiger partial charge in [0.25, 0.3) is 0 Å². The zero-order chi connectivity index (χ0) is 22.2. The third-order valence-electron chi connectivity index (χ3n) is 4.93. The minimum absolute atomic E-state index is 0.164. The molecule has 1 saturated heterocycles. The first kappa shape index (κ1) is 21.9. The van der Waals surface area contributed by atoms with Gasteiger partial charge in [0.2, 0.25) is 5.28 Å². The second kappa shape index (κ2) is 8.65. The molecule has 0 radical (unpaired) electrons. The zero-order valence-electron chi connectivity index (χ0n) is 17.6. The molecule has 164 valence electrons. The van der Waals surface area contributed by atoms with Crippen LogP contribution in [0.15, 0.2) is 36.5 Å². The second-order valence-corrected chi connectivity index (χ2v) is 9.20. The molecule has 1 aliphatic rings. The maximum Gasteiger partial charge on any atom is 0.410 e. The molecule has 1 atom stereocenters. The van der Waals surface area contributed by atoms with E-state index in [-0.39, 0.29) is 17.5 Å². The molecule has 1 unspecified atom stereocenters. The van der Waals surface area contributed by atoms with Crippen molar-refractivity contribution < 1.29 is 14.3 Å². The van der Waals surface area contributed by atoms with Gasteiger partial charge in [-0.25, -0.2) is 9.78 Å². The van der Waals surface area contributed by atoms with Crippen molar-refractivity contribution in [2.75, 3.05) is 19.7 Å². The van der Waals surface area contributed by atoms with Crippen LogP contribution in [0.25, 0.3) is 22.3 Å². The topological polar surface area (TPSA) is 69.5 Å². The highest BCUT2D eigenvalue weighted by Gasteiger charge is 2.29. The number of hydrogen-bond acceptors (Lipinski definition) is 5. The maximum absolute atomic E-state index is 12.5. The number of morpholine rings is 1. The normalized spacial score (nSPS) is 17.2. The Morgan fingerprint density at radius 1 is 1.29 bits per heavy atom. The van der Waals surface area contributed by atoms with Crippen molar-refractivity contribution in [3.8, 4) is 11.3 Å². The number of hydrogen-bond donors (Lipinski definition) is 0. The third-order valence-corrected chi connectivity index (χ3v) is 5.44. The van der Waals surface area contributed by atoms with Crippen molar-refractivity contribution in [2.24, 2.45) is 0 Å². The molecule has 0 N–H and O–H groups in total. The van der Waals surface area contributed by atoms with Crippen LogP contribution in [0.5, 0.6) is 0 Å². The fraction of sp³-hybridized carbons (Fsp3) is 0.409. The van der Waals surface area contributed by atoms with Gasteiger partial charge in [0, 0.05) is 28.7 Å². The van der Waals surface area contributed by atoms with Crippen molar-refractivity contribution in [1.29, 1.82) is 0 Å². The Kier molecular flexibility index (Phi) is 6.10. The lowest BCUT2D eigenvalue weighted by molar-refractivity contribution is -0.0468. The quantitative estimate of drug-likeness (QED) is 0.509. The molecule has 0 aliphatic carbocycles. The summed E-state index contributed by atoms with van der Waals surface area (Å²) in [5, 5.41) is 1.64. The molecule has 0 spiro atoms. The minimum Gasteiger partial charge on any atom is -0.444 e. The molecule has 2 aromatic heterocycles. The number of rotatable bonds is 3. The van der Waals surface area contributed by atoms with Crippen LogP contribution in [0.2, 0.25) is 10.3 Å². The lowest BCUT2D eigenvalue weighted by Gasteiger charge is -2.34. The van der Waals surface area contributed by atoms with E-state index in [2.05, 4.69) is 9.97 Å². The van der Waals surface area contributed by atoms with Crippen molar-refractivity contribution in [2.45, 2.75) is 39.0 Å². The molecular formula is C22H24Cl2N4O3. The molecule has 0 saturated carbocycles. The van der Waals surface area contributed by atoms with Crippen LogP contribution in [0, 0.1) is 0 Å². The largest absolute Gasteiger partial charge is 0.444 e. The smallest absolute Gasteiger partial charge is 0.410 e. The van der Waals surface area contributed by atoms with Gasteiger partial charge in [0.05, 0.1) is 31.5 Å². The Labute approximate surface area is 190 Å². The first-order valence-electron chi connectivity index (χ1n) is 10.1. The van der Waals surface area contributed by atoms with Crippen LogP contribution in [0.3, 0.4) is 0 Å². The average Bonchev–Trinajstić information content (AvgIpc) is 3.05. The summed E-state index contributed by atoms with van der Waals surface area (Å²) in [4.78, 5) is 22.8. The van der Waals surface area contributed by atoms with Crippen molar-refractivity contribution in [3.05, 3.63) is 46.8 Å². The van der Waals surface area contributed by atoms with Crippen LogP contribution >= 0.6 is 23.2 Å². The van der Waals surface area contributed by atoms with E-state index in [4.69, 9.17) is 32.7 Å². The zero-order valence-corrected chi connectivity index (χ0v) is 19.2.